The van der Waals surface area contributed by atoms with Crippen molar-refractivity contribution in [2.45, 2.75) is 31.6 Å². The summed E-state index contributed by atoms with van der Waals surface area (Å²) in [4.78, 5) is 0.890. The third-order valence-corrected chi connectivity index (χ3v) is 9.15. The largest absolute Gasteiger partial charge is 0.497 e. The van der Waals surface area contributed by atoms with Crippen LogP contribution in [0.4, 0.5) is 26.3 Å². The zero-order valence-electron chi connectivity index (χ0n) is 21.2. The Morgan fingerprint density at radius 1 is 0.615 bits per heavy atom. The minimum Gasteiger partial charge on any atom is -0.497 e. The molecule has 2 nitrogen and oxygen atoms in total. The van der Waals surface area contributed by atoms with Crippen molar-refractivity contribution >= 4 is 33.8 Å². The lowest BCUT2D eigenvalue weighted by atomic mass is 9.97. The summed E-state index contributed by atoms with van der Waals surface area (Å²) >= 11 is 1.85. The minimum absolute atomic E-state index is 0.203. The second-order valence-electron chi connectivity index (χ2n) is 9.13. The molecule has 0 amide bonds. The molecule has 39 heavy (non-hydrogen) atoms. The van der Waals surface area contributed by atoms with Crippen molar-refractivity contribution in [3.8, 4) is 32.4 Å². The summed E-state index contributed by atoms with van der Waals surface area (Å²) in [5.41, 5.74) is -1.55. The van der Waals surface area contributed by atoms with Gasteiger partial charge in [-0.15, -0.1) is 22.7 Å². The Labute approximate surface area is 229 Å². The van der Waals surface area contributed by atoms with Crippen LogP contribution in [-0.4, -0.2) is 32.0 Å². The van der Waals surface area contributed by atoms with E-state index in [1.807, 2.05) is 0 Å². The molecule has 0 atom stereocenters. The van der Waals surface area contributed by atoms with E-state index in [1.54, 1.807) is 54.6 Å². The van der Waals surface area contributed by atoms with Crippen LogP contribution >= 0.6 is 22.7 Å². The number of benzene rings is 2. The molecule has 1 aliphatic carbocycles. The number of methoxy groups -OCH3 is 2. The molecule has 2 heterocycles. The Bertz CT molecular complexity index is 1450. The van der Waals surface area contributed by atoms with E-state index in [4.69, 9.17) is 9.47 Å². The number of aryl methyl sites for hydroxylation is 2. The maximum absolute atomic E-state index is 15.4. The van der Waals surface area contributed by atoms with Crippen LogP contribution in [0.15, 0.2) is 60.7 Å². The summed E-state index contributed by atoms with van der Waals surface area (Å²) in [6.07, 6.45) is 0. The van der Waals surface area contributed by atoms with E-state index in [0.29, 0.717) is 32.4 Å². The fourth-order valence-electron chi connectivity index (χ4n) is 4.64. The van der Waals surface area contributed by atoms with Crippen molar-refractivity contribution in [2.24, 2.45) is 0 Å². The molecule has 0 saturated carbocycles. The van der Waals surface area contributed by atoms with E-state index < -0.39 is 28.9 Å². The number of ether oxygens (including phenoxy) is 2. The predicted octanol–water partition coefficient (Wildman–Crippen LogP) is 9.61. The zero-order chi connectivity index (χ0) is 28.3. The van der Waals surface area contributed by atoms with Crippen LogP contribution in [0.2, 0.25) is 0 Å². The van der Waals surface area contributed by atoms with E-state index in [2.05, 4.69) is 0 Å². The number of allylic oxidation sites excluding steroid dienone is 2. The number of thiophene rings is 2. The van der Waals surface area contributed by atoms with Gasteiger partial charge in [-0.1, -0.05) is 0 Å². The Hall–Kier alpha value is -3.24. The maximum atomic E-state index is 15.4. The zero-order valence-corrected chi connectivity index (χ0v) is 22.8. The van der Waals surface area contributed by atoms with E-state index in [-0.39, 0.29) is 20.9 Å². The number of hydrogen-bond acceptors (Lipinski definition) is 4. The smallest absolute Gasteiger partial charge is 0.380 e. The lowest BCUT2D eigenvalue weighted by Gasteiger charge is -2.25. The van der Waals surface area contributed by atoms with Gasteiger partial charge in [-0.05, 0) is 96.8 Å². The van der Waals surface area contributed by atoms with Gasteiger partial charge in [0.2, 0.25) is 0 Å². The van der Waals surface area contributed by atoms with Gasteiger partial charge >= 0.3 is 17.8 Å². The first-order chi connectivity index (χ1) is 18.3. The normalized spacial score (nSPS) is 17.5. The minimum atomic E-state index is -5.62. The summed E-state index contributed by atoms with van der Waals surface area (Å²) in [6.45, 7) is 2.92. The van der Waals surface area contributed by atoms with Gasteiger partial charge < -0.3 is 9.47 Å². The van der Waals surface area contributed by atoms with Gasteiger partial charge in [0.1, 0.15) is 11.5 Å². The van der Waals surface area contributed by atoms with E-state index in [1.165, 1.54) is 34.1 Å². The Morgan fingerprint density at radius 2 is 1.08 bits per heavy atom. The van der Waals surface area contributed by atoms with Crippen LogP contribution in [0.3, 0.4) is 0 Å². The summed E-state index contributed by atoms with van der Waals surface area (Å²) < 4.78 is 102. The maximum Gasteiger partial charge on any atom is 0.380 e. The molecule has 2 aromatic carbocycles. The first-order valence-corrected chi connectivity index (χ1v) is 13.4. The highest BCUT2D eigenvalue weighted by Gasteiger charge is 2.80. The van der Waals surface area contributed by atoms with E-state index in [9.17, 15) is 8.78 Å². The van der Waals surface area contributed by atoms with Crippen molar-refractivity contribution in [3.05, 3.63) is 81.5 Å². The molecule has 204 valence electrons. The lowest BCUT2D eigenvalue weighted by molar-refractivity contribution is -0.254. The third kappa shape index (κ3) is 4.15. The first kappa shape index (κ1) is 27.3. The fraction of sp³-hybridized carbons (Fsp3) is 0.241. The average Bonchev–Trinajstić information content (AvgIpc) is 3.51. The molecule has 0 fully saturated rings. The second-order valence-corrected chi connectivity index (χ2v) is 11.4. The Morgan fingerprint density at radius 3 is 1.56 bits per heavy atom. The van der Waals surface area contributed by atoms with Gasteiger partial charge in [0.15, 0.2) is 0 Å². The number of alkyl halides is 6. The van der Waals surface area contributed by atoms with Crippen molar-refractivity contribution in [2.75, 3.05) is 14.2 Å². The molecule has 0 bridgehead atoms. The van der Waals surface area contributed by atoms with Crippen LogP contribution in [-0.2, 0) is 0 Å². The van der Waals surface area contributed by atoms with Crippen LogP contribution in [0.25, 0.3) is 32.0 Å². The Balaban J connectivity index is 1.72. The van der Waals surface area contributed by atoms with Gasteiger partial charge in [-0.2, -0.15) is 26.3 Å². The van der Waals surface area contributed by atoms with Crippen LogP contribution in [0.5, 0.6) is 11.5 Å². The number of halogens is 6. The van der Waals surface area contributed by atoms with Crippen LogP contribution in [0.1, 0.15) is 20.9 Å². The van der Waals surface area contributed by atoms with Gasteiger partial charge in [-0.3, -0.25) is 0 Å². The molecule has 1 aliphatic rings. The van der Waals surface area contributed by atoms with Crippen molar-refractivity contribution in [1.29, 1.82) is 0 Å². The van der Waals surface area contributed by atoms with Crippen molar-refractivity contribution in [3.63, 3.8) is 0 Å². The first-order valence-electron chi connectivity index (χ1n) is 11.7. The van der Waals surface area contributed by atoms with Crippen LogP contribution < -0.4 is 9.47 Å². The monoisotopic (exact) mass is 580 g/mol. The lowest BCUT2D eigenvalue weighted by Crippen LogP contribution is -2.48. The molecule has 0 radical (unpaired) electrons. The van der Waals surface area contributed by atoms with Gasteiger partial charge in [-0.25, -0.2) is 0 Å². The van der Waals surface area contributed by atoms with Crippen molar-refractivity contribution in [1.82, 2.24) is 0 Å². The topological polar surface area (TPSA) is 18.5 Å². The molecule has 10 heteroatoms. The SMILES string of the molecule is COc1ccc(-c2cc(C3=C(c4sc(-c5ccc(OC)cc5)cc4C)C(F)(F)C(F)(F)C3(F)F)c(C)s2)cc1. The molecule has 2 aromatic heterocycles. The summed E-state index contributed by atoms with van der Waals surface area (Å²) in [6, 6.07) is 16.2. The molecule has 5 rings (SSSR count). The van der Waals surface area contributed by atoms with E-state index >= 15 is 17.6 Å². The summed E-state index contributed by atoms with van der Waals surface area (Å²) in [5.74, 6) is -14.7. The summed E-state index contributed by atoms with van der Waals surface area (Å²) in [5, 5.41) is 0. The quantitative estimate of drug-likeness (QED) is 0.212. The molecule has 0 N–H and O–H groups in total. The van der Waals surface area contributed by atoms with Crippen molar-refractivity contribution < 1.29 is 35.8 Å². The third-order valence-electron chi connectivity index (χ3n) is 6.75. The fourth-order valence-corrected chi connectivity index (χ4v) is 6.93. The molecule has 0 unspecified atom stereocenters. The number of hydrogen-bond donors (Lipinski definition) is 0. The molecular weight excluding hydrogens is 558 g/mol. The summed E-state index contributed by atoms with van der Waals surface area (Å²) in [7, 11) is 2.98. The molecular formula is C29H22F6O2S2. The van der Waals surface area contributed by atoms with Crippen LogP contribution in [0, 0.1) is 13.8 Å². The van der Waals surface area contributed by atoms with E-state index in [0.717, 1.165) is 22.7 Å². The second kappa shape index (κ2) is 9.45. The highest BCUT2D eigenvalue weighted by Crippen LogP contribution is 2.66. The highest BCUT2D eigenvalue weighted by molar-refractivity contribution is 7.17. The molecule has 4 aromatic rings. The molecule has 0 saturated heterocycles. The van der Waals surface area contributed by atoms with Gasteiger partial charge in [0.25, 0.3) is 0 Å². The number of rotatable bonds is 6. The molecule has 0 aliphatic heterocycles. The molecule has 0 spiro atoms. The average molecular weight is 581 g/mol. The van der Waals surface area contributed by atoms with Gasteiger partial charge in [0, 0.05) is 25.1 Å². The Kier molecular flexibility index (Phi) is 6.62. The van der Waals surface area contributed by atoms with Gasteiger partial charge in [0.05, 0.1) is 19.8 Å². The highest BCUT2D eigenvalue weighted by atomic mass is 32.1. The standard InChI is InChI=1S/C29H22F6O2S2/c1-15-13-22(17-5-9-19(36-3)10-6-17)39-26(15)25-24(27(30,31)29(34,35)28(25,32)33)21-14-23(38-16(21)2)18-7-11-20(37-4)12-8-18/h5-14H,1-4H3. The predicted molar refractivity (Wildman–Crippen MR) is 144 cm³/mol.